The molecule has 0 bridgehead atoms. The molecule has 0 aromatic heterocycles. The van der Waals surface area contributed by atoms with Gasteiger partial charge in [-0.1, -0.05) is 11.6 Å². The maximum absolute atomic E-state index is 12.1. The minimum absolute atomic E-state index is 0.639. The molecule has 0 aliphatic heterocycles. The summed E-state index contributed by atoms with van der Waals surface area (Å²) in [6.07, 6.45) is 2.73. The molecule has 1 aliphatic rings. The Morgan fingerprint density at radius 2 is 2.57 bits per heavy atom. The van der Waals surface area contributed by atoms with Gasteiger partial charge in [0.05, 0.1) is 0 Å². The van der Waals surface area contributed by atoms with Crippen LogP contribution in [0, 0.1) is 0 Å². The molecule has 1 aliphatic carbocycles. The normalized spacial score (nSPS) is 30.6. The van der Waals surface area contributed by atoms with Gasteiger partial charge in [-0.25, -0.2) is 4.39 Å². The Hall–Kier alpha value is -0.330. The molecular weight excluding hydrogens is 91.1 g/mol. The monoisotopic (exact) mass is 100 g/mol. The summed E-state index contributed by atoms with van der Waals surface area (Å²) in [7, 11) is 0. The van der Waals surface area contributed by atoms with E-state index in [4.69, 9.17) is 0 Å². The van der Waals surface area contributed by atoms with Crippen molar-refractivity contribution >= 4 is 0 Å². The summed E-state index contributed by atoms with van der Waals surface area (Å²) in [4.78, 5) is 0. The third kappa shape index (κ3) is 1.02. The molecule has 1 heteroatoms. The number of hydrogen-bond donors (Lipinski definition) is 0. The van der Waals surface area contributed by atoms with Crippen molar-refractivity contribution in [3.05, 3.63) is 11.6 Å². The highest BCUT2D eigenvalue weighted by Gasteiger charge is 2.09. The number of rotatable bonds is 0. The molecule has 0 aromatic carbocycles. The summed E-state index contributed by atoms with van der Waals surface area (Å²) in [6.45, 7) is 1.97. The molecule has 40 valence electrons. The van der Waals surface area contributed by atoms with Gasteiger partial charge in [0.25, 0.3) is 0 Å². The summed E-state index contributed by atoms with van der Waals surface area (Å²) >= 11 is 0. The van der Waals surface area contributed by atoms with Crippen LogP contribution >= 0.6 is 0 Å². The fourth-order valence-corrected chi connectivity index (χ4v) is 0.841. The van der Waals surface area contributed by atoms with Gasteiger partial charge in [0.2, 0.25) is 0 Å². The average Bonchev–Trinajstić information content (AvgIpc) is 1.87. The fraction of sp³-hybridized carbons (Fsp3) is 0.667. The first kappa shape index (κ1) is 4.82. The van der Waals surface area contributed by atoms with E-state index in [2.05, 4.69) is 0 Å². The lowest BCUT2D eigenvalue weighted by molar-refractivity contribution is 0.395. The van der Waals surface area contributed by atoms with Crippen molar-refractivity contribution < 1.29 is 4.39 Å². The molecule has 0 saturated carbocycles. The molecule has 1 unspecified atom stereocenters. The first-order valence-electron chi connectivity index (χ1n) is 2.60. The Morgan fingerprint density at radius 3 is 2.71 bits per heavy atom. The Kier molecular flexibility index (Phi) is 1.13. The van der Waals surface area contributed by atoms with Crippen LogP contribution in [0.5, 0.6) is 0 Å². The highest BCUT2D eigenvalue weighted by molar-refractivity contribution is 5.08. The standard InChI is InChI=1S/C6H9F/c1-5-2-3-6(7)4-5/h4,6H,2-3H2,1H3. The molecule has 0 heterocycles. The second-order valence-corrected chi connectivity index (χ2v) is 2.07. The molecule has 1 atom stereocenters. The van der Waals surface area contributed by atoms with Crippen LogP contribution in [0.2, 0.25) is 0 Å². The zero-order valence-electron chi connectivity index (χ0n) is 4.45. The predicted octanol–water partition coefficient (Wildman–Crippen LogP) is 2.06. The molecule has 0 N–H and O–H groups in total. The Bertz CT molecular complexity index is 94.4. The van der Waals surface area contributed by atoms with Gasteiger partial charge in [-0.3, -0.25) is 0 Å². The van der Waals surface area contributed by atoms with Gasteiger partial charge in [0, 0.05) is 0 Å². The second kappa shape index (κ2) is 1.65. The maximum Gasteiger partial charge on any atom is 0.119 e. The summed E-state index contributed by atoms with van der Waals surface area (Å²) in [5, 5.41) is 0. The topological polar surface area (TPSA) is 0 Å². The SMILES string of the molecule is CC1=CC(F)CC1. The minimum atomic E-state index is -0.639. The Labute approximate surface area is 43.0 Å². The van der Waals surface area contributed by atoms with Crippen molar-refractivity contribution in [2.75, 3.05) is 0 Å². The van der Waals surface area contributed by atoms with E-state index in [9.17, 15) is 4.39 Å². The van der Waals surface area contributed by atoms with Crippen LogP contribution in [0.4, 0.5) is 4.39 Å². The molecule has 0 nitrogen and oxygen atoms in total. The van der Waals surface area contributed by atoms with E-state index in [1.165, 1.54) is 5.57 Å². The van der Waals surface area contributed by atoms with Crippen molar-refractivity contribution in [1.82, 2.24) is 0 Å². The maximum atomic E-state index is 12.1. The van der Waals surface area contributed by atoms with E-state index >= 15 is 0 Å². The van der Waals surface area contributed by atoms with E-state index in [1.807, 2.05) is 6.92 Å². The highest BCUT2D eigenvalue weighted by Crippen LogP contribution is 2.19. The number of halogens is 1. The van der Waals surface area contributed by atoms with Crippen molar-refractivity contribution in [2.24, 2.45) is 0 Å². The zero-order valence-corrected chi connectivity index (χ0v) is 4.45. The van der Waals surface area contributed by atoms with E-state index in [0.29, 0.717) is 6.42 Å². The highest BCUT2D eigenvalue weighted by atomic mass is 19.1. The summed E-state index contributed by atoms with van der Waals surface area (Å²) < 4.78 is 12.1. The van der Waals surface area contributed by atoms with Gasteiger partial charge >= 0.3 is 0 Å². The summed E-state index contributed by atoms with van der Waals surface area (Å²) in [5.74, 6) is 0. The molecule has 1 rings (SSSR count). The van der Waals surface area contributed by atoms with Crippen molar-refractivity contribution in [1.29, 1.82) is 0 Å². The Morgan fingerprint density at radius 1 is 1.86 bits per heavy atom. The average molecular weight is 100 g/mol. The molecule has 0 saturated heterocycles. The first-order chi connectivity index (χ1) is 3.29. The van der Waals surface area contributed by atoms with Crippen molar-refractivity contribution in [3.8, 4) is 0 Å². The lowest BCUT2D eigenvalue weighted by Crippen LogP contribution is -1.83. The van der Waals surface area contributed by atoms with Crippen LogP contribution in [-0.4, -0.2) is 6.17 Å². The quantitative estimate of drug-likeness (QED) is 0.409. The first-order valence-corrected chi connectivity index (χ1v) is 2.60. The van der Waals surface area contributed by atoms with Crippen LogP contribution in [0.1, 0.15) is 19.8 Å². The predicted molar refractivity (Wildman–Crippen MR) is 27.9 cm³/mol. The largest absolute Gasteiger partial charge is 0.243 e. The van der Waals surface area contributed by atoms with Crippen LogP contribution in [-0.2, 0) is 0 Å². The van der Waals surface area contributed by atoms with E-state index in [0.717, 1.165) is 6.42 Å². The fourth-order valence-electron chi connectivity index (χ4n) is 0.841. The molecule has 0 aromatic rings. The van der Waals surface area contributed by atoms with Crippen LogP contribution in [0.15, 0.2) is 11.6 Å². The van der Waals surface area contributed by atoms with Crippen LogP contribution < -0.4 is 0 Å². The lowest BCUT2D eigenvalue weighted by Gasteiger charge is -1.85. The van der Waals surface area contributed by atoms with E-state index in [-0.39, 0.29) is 0 Å². The van der Waals surface area contributed by atoms with Gasteiger partial charge in [0.1, 0.15) is 6.17 Å². The number of hydrogen-bond acceptors (Lipinski definition) is 0. The van der Waals surface area contributed by atoms with Gasteiger partial charge in [0.15, 0.2) is 0 Å². The third-order valence-corrected chi connectivity index (χ3v) is 1.28. The number of alkyl halides is 1. The van der Waals surface area contributed by atoms with Gasteiger partial charge in [-0.15, -0.1) is 0 Å². The summed E-state index contributed by atoms with van der Waals surface area (Å²) in [5.41, 5.74) is 1.20. The second-order valence-electron chi connectivity index (χ2n) is 2.07. The zero-order chi connectivity index (χ0) is 5.28. The smallest absolute Gasteiger partial charge is 0.119 e. The molecular formula is C6H9F. The summed E-state index contributed by atoms with van der Waals surface area (Å²) in [6, 6.07) is 0. The molecule has 7 heavy (non-hydrogen) atoms. The van der Waals surface area contributed by atoms with Gasteiger partial charge in [-0.05, 0) is 19.8 Å². The minimum Gasteiger partial charge on any atom is -0.243 e. The van der Waals surface area contributed by atoms with Crippen molar-refractivity contribution in [3.63, 3.8) is 0 Å². The van der Waals surface area contributed by atoms with E-state index in [1.54, 1.807) is 6.08 Å². The van der Waals surface area contributed by atoms with Crippen molar-refractivity contribution in [2.45, 2.75) is 25.9 Å². The number of allylic oxidation sites excluding steroid dienone is 2. The Balaban J connectivity index is 2.50. The molecule has 0 fully saturated rings. The van der Waals surface area contributed by atoms with E-state index < -0.39 is 6.17 Å². The van der Waals surface area contributed by atoms with Crippen LogP contribution in [0.25, 0.3) is 0 Å². The van der Waals surface area contributed by atoms with Gasteiger partial charge in [-0.2, -0.15) is 0 Å². The third-order valence-electron chi connectivity index (χ3n) is 1.28. The molecule has 0 amide bonds. The van der Waals surface area contributed by atoms with Crippen LogP contribution in [0.3, 0.4) is 0 Å². The van der Waals surface area contributed by atoms with Gasteiger partial charge < -0.3 is 0 Å². The molecule has 0 radical (unpaired) electrons. The molecule has 0 spiro atoms. The lowest BCUT2D eigenvalue weighted by atomic mass is 10.3.